The molecule has 1 aliphatic carbocycles. The van der Waals surface area contributed by atoms with Crippen LogP contribution in [0.25, 0.3) is 0 Å². The van der Waals surface area contributed by atoms with Gasteiger partial charge in [0.1, 0.15) is 0 Å². The normalized spacial score (nSPS) is 27.9. The topological polar surface area (TPSA) is 0 Å². The van der Waals surface area contributed by atoms with Gasteiger partial charge in [-0.05, 0) is 36.0 Å². The minimum atomic E-state index is 0.764. The zero-order valence-corrected chi connectivity index (χ0v) is 7.00. The summed E-state index contributed by atoms with van der Waals surface area (Å²) in [6.07, 6.45) is 3.89. The van der Waals surface area contributed by atoms with E-state index in [0.29, 0.717) is 0 Å². The molecule has 0 aromatic carbocycles. The summed E-state index contributed by atoms with van der Waals surface area (Å²) in [5.41, 5.74) is 0. The molecule has 0 aromatic rings. The largest absolute Gasteiger partial charge is 0.0894 e. The SMILES string of the molecule is CC(C)C1CCCC1=S. The Balaban J connectivity index is 2.49. The summed E-state index contributed by atoms with van der Waals surface area (Å²) in [6.45, 7) is 4.53. The molecule has 1 rings (SSSR count). The zero-order valence-electron chi connectivity index (χ0n) is 6.18. The second kappa shape index (κ2) is 2.78. The molecule has 0 spiro atoms. The number of hydrogen-bond donors (Lipinski definition) is 0. The molecule has 0 N–H and O–H groups in total. The Kier molecular flexibility index (Phi) is 2.23. The highest BCUT2D eigenvalue weighted by atomic mass is 32.1. The van der Waals surface area contributed by atoms with E-state index in [-0.39, 0.29) is 0 Å². The Labute approximate surface area is 62.6 Å². The van der Waals surface area contributed by atoms with Gasteiger partial charge < -0.3 is 0 Å². The first kappa shape index (κ1) is 7.20. The van der Waals surface area contributed by atoms with Gasteiger partial charge in [0.15, 0.2) is 0 Å². The van der Waals surface area contributed by atoms with E-state index >= 15 is 0 Å². The zero-order chi connectivity index (χ0) is 6.85. The van der Waals surface area contributed by atoms with E-state index < -0.39 is 0 Å². The van der Waals surface area contributed by atoms with Crippen LogP contribution < -0.4 is 0 Å². The van der Waals surface area contributed by atoms with Crippen molar-refractivity contribution in [2.24, 2.45) is 11.8 Å². The Morgan fingerprint density at radius 2 is 2.22 bits per heavy atom. The summed E-state index contributed by atoms with van der Waals surface area (Å²) in [5.74, 6) is 1.54. The molecule has 1 aliphatic rings. The second-order valence-corrected chi connectivity index (χ2v) is 3.73. The van der Waals surface area contributed by atoms with Crippen molar-refractivity contribution >= 4 is 17.1 Å². The number of rotatable bonds is 1. The van der Waals surface area contributed by atoms with Crippen LogP contribution in [0.5, 0.6) is 0 Å². The van der Waals surface area contributed by atoms with Crippen LogP contribution in [0.4, 0.5) is 0 Å². The summed E-state index contributed by atoms with van der Waals surface area (Å²) >= 11 is 5.22. The fourth-order valence-corrected chi connectivity index (χ4v) is 2.08. The summed E-state index contributed by atoms with van der Waals surface area (Å²) in [4.78, 5) is 1.32. The lowest BCUT2D eigenvalue weighted by Crippen LogP contribution is -2.10. The summed E-state index contributed by atoms with van der Waals surface area (Å²) in [6, 6.07) is 0. The molecule has 0 nitrogen and oxygen atoms in total. The van der Waals surface area contributed by atoms with E-state index in [4.69, 9.17) is 12.2 Å². The van der Waals surface area contributed by atoms with Crippen molar-refractivity contribution in [3.05, 3.63) is 0 Å². The molecule has 0 aliphatic heterocycles. The molecule has 52 valence electrons. The van der Waals surface area contributed by atoms with Gasteiger partial charge in [0.05, 0.1) is 0 Å². The van der Waals surface area contributed by atoms with Crippen LogP contribution in [0, 0.1) is 11.8 Å². The first-order valence-corrected chi connectivity index (χ1v) is 4.15. The molecule has 0 radical (unpaired) electrons. The minimum absolute atomic E-state index is 0.764. The highest BCUT2D eigenvalue weighted by molar-refractivity contribution is 7.80. The lowest BCUT2D eigenvalue weighted by atomic mass is 9.95. The van der Waals surface area contributed by atoms with Gasteiger partial charge in [-0.3, -0.25) is 0 Å². The molecule has 0 heterocycles. The van der Waals surface area contributed by atoms with Gasteiger partial charge in [-0.25, -0.2) is 0 Å². The molecular weight excluding hydrogens is 128 g/mol. The lowest BCUT2D eigenvalue weighted by Gasteiger charge is -2.12. The fourth-order valence-electron chi connectivity index (χ4n) is 1.55. The molecule has 0 aromatic heterocycles. The molecule has 1 atom stereocenters. The van der Waals surface area contributed by atoms with E-state index in [2.05, 4.69) is 13.8 Å². The second-order valence-electron chi connectivity index (χ2n) is 3.21. The predicted molar refractivity (Wildman–Crippen MR) is 44.8 cm³/mol. The van der Waals surface area contributed by atoms with Crippen molar-refractivity contribution in [2.45, 2.75) is 33.1 Å². The standard InChI is InChI=1S/C8H14S/c1-6(2)7-4-3-5-8(7)9/h6-7H,3-5H2,1-2H3. The van der Waals surface area contributed by atoms with Gasteiger partial charge in [0.25, 0.3) is 0 Å². The van der Waals surface area contributed by atoms with Crippen LogP contribution in [0.3, 0.4) is 0 Å². The van der Waals surface area contributed by atoms with Crippen LogP contribution in [0.15, 0.2) is 0 Å². The number of thiocarbonyl (C=S) groups is 1. The van der Waals surface area contributed by atoms with Gasteiger partial charge in [-0.2, -0.15) is 0 Å². The highest BCUT2D eigenvalue weighted by Crippen LogP contribution is 2.28. The van der Waals surface area contributed by atoms with E-state index in [1.165, 1.54) is 24.1 Å². The lowest BCUT2D eigenvalue weighted by molar-refractivity contribution is 0.490. The van der Waals surface area contributed by atoms with Crippen molar-refractivity contribution < 1.29 is 0 Å². The fraction of sp³-hybridized carbons (Fsp3) is 0.875. The van der Waals surface area contributed by atoms with Crippen molar-refractivity contribution in [3.8, 4) is 0 Å². The third-order valence-electron chi connectivity index (χ3n) is 2.16. The summed E-state index contributed by atoms with van der Waals surface area (Å²) in [5, 5.41) is 0. The van der Waals surface area contributed by atoms with E-state index in [0.717, 1.165) is 11.8 Å². The van der Waals surface area contributed by atoms with Crippen molar-refractivity contribution in [1.29, 1.82) is 0 Å². The molecule has 1 saturated carbocycles. The van der Waals surface area contributed by atoms with Crippen LogP contribution in [0.2, 0.25) is 0 Å². The van der Waals surface area contributed by atoms with Crippen molar-refractivity contribution in [2.75, 3.05) is 0 Å². The Bertz CT molecular complexity index is 116. The molecule has 0 saturated heterocycles. The number of hydrogen-bond acceptors (Lipinski definition) is 1. The van der Waals surface area contributed by atoms with Crippen LogP contribution in [0.1, 0.15) is 33.1 Å². The molecule has 9 heavy (non-hydrogen) atoms. The summed E-state index contributed by atoms with van der Waals surface area (Å²) in [7, 11) is 0. The maximum Gasteiger partial charge on any atom is -0.00380 e. The van der Waals surface area contributed by atoms with Crippen molar-refractivity contribution in [1.82, 2.24) is 0 Å². The molecule has 0 amide bonds. The highest BCUT2D eigenvalue weighted by Gasteiger charge is 2.22. The van der Waals surface area contributed by atoms with Gasteiger partial charge in [-0.15, -0.1) is 0 Å². The molecular formula is C8H14S. The maximum atomic E-state index is 5.22. The monoisotopic (exact) mass is 142 g/mol. The Morgan fingerprint density at radius 3 is 2.44 bits per heavy atom. The Morgan fingerprint density at radius 1 is 1.56 bits per heavy atom. The third-order valence-corrected chi connectivity index (χ3v) is 2.66. The molecule has 1 fully saturated rings. The van der Waals surface area contributed by atoms with E-state index in [1.807, 2.05) is 0 Å². The Hall–Kier alpha value is 0.0900. The maximum absolute atomic E-state index is 5.22. The third kappa shape index (κ3) is 1.51. The van der Waals surface area contributed by atoms with Gasteiger partial charge in [0, 0.05) is 0 Å². The smallest absolute Gasteiger partial charge is 0.00380 e. The van der Waals surface area contributed by atoms with Gasteiger partial charge in [0.2, 0.25) is 0 Å². The first-order chi connectivity index (χ1) is 4.22. The van der Waals surface area contributed by atoms with Gasteiger partial charge >= 0.3 is 0 Å². The summed E-state index contributed by atoms with van der Waals surface area (Å²) < 4.78 is 0. The molecule has 1 unspecified atom stereocenters. The van der Waals surface area contributed by atoms with E-state index in [1.54, 1.807) is 0 Å². The van der Waals surface area contributed by atoms with Crippen molar-refractivity contribution in [3.63, 3.8) is 0 Å². The average Bonchev–Trinajstić information content (AvgIpc) is 2.13. The first-order valence-electron chi connectivity index (χ1n) is 3.74. The minimum Gasteiger partial charge on any atom is -0.0894 e. The van der Waals surface area contributed by atoms with Crippen LogP contribution in [-0.4, -0.2) is 4.86 Å². The average molecular weight is 142 g/mol. The predicted octanol–water partition coefficient (Wildman–Crippen LogP) is 2.81. The molecule has 1 heteroatoms. The van der Waals surface area contributed by atoms with Crippen LogP contribution in [-0.2, 0) is 0 Å². The van der Waals surface area contributed by atoms with Crippen LogP contribution >= 0.6 is 12.2 Å². The molecule has 0 bridgehead atoms. The van der Waals surface area contributed by atoms with Gasteiger partial charge in [-0.1, -0.05) is 26.1 Å². The van der Waals surface area contributed by atoms with E-state index in [9.17, 15) is 0 Å². The quantitative estimate of drug-likeness (QED) is 0.507.